The SMILES string of the molecule is CN=C(NCCCn1cccn1)NCc1cccc(C(F)(F)F)c1. The third-order valence-electron chi connectivity index (χ3n) is 3.35. The predicted octanol–water partition coefficient (Wildman–Crippen LogP) is 2.66. The first-order valence-electron chi connectivity index (χ1n) is 7.57. The normalized spacial score (nSPS) is 12.2. The summed E-state index contributed by atoms with van der Waals surface area (Å²) in [4.78, 5) is 4.06. The van der Waals surface area contributed by atoms with Crippen LogP contribution >= 0.6 is 0 Å². The fourth-order valence-corrected chi connectivity index (χ4v) is 2.14. The van der Waals surface area contributed by atoms with Gasteiger partial charge in [0.1, 0.15) is 0 Å². The Morgan fingerprint density at radius 2 is 2.08 bits per heavy atom. The maximum absolute atomic E-state index is 12.7. The van der Waals surface area contributed by atoms with Gasteiger partial charge in [0.2, 0.25) is 0 Å². The Balaban J connectivity index is 1.77. The van der Waals surface area contributed by atoms with Crippen molar-refractivity contribution < 1.29 is 13.2 Å². The summed E-state index contributed by atoms with van der Waals surface area (Å²) in [6, 6.07) is 7.11. The molecular formula is C16H20F3N5. The van der Waals surface area contributed by atoms with Crippen molar-refractivity contribution in [2.24, 2.45) is 4.99 Å². The smallest absolute Gasteiger partial charge is 0.356 e. The largest absolute Gasteiger partial charge is 0.416 e. The molecule has 2 aromatic rings. The van der Waals surface area contributed by atoms with Crippen molar-refractivity contribution in [2.75, 3.05) is 13.6 Å². The molecule has 0 aliphatic rings. The molecule has 0 spiro atoms. The van der Waals surface area contributed by atoms with E-state index in [0.29, 0.717) is 18.1 Å². The number of guanidine groups is 1. The van der Waals surface area contributed by atoms with Crippen LogP contribution in [0.5, 0.6) is 0 Å². The number of halogens is 3. The van der Waals surface area contributed by atoms with Crippen molar-refractivity contribution in [3.8, 4) is 0 Å². The van der Waals surface area contributed by atoms with Gasteiger partial charge in [0.25, 0.3) is 0 Å². The van der Waals surface area contributed by atoms with E-state index in [2.05, 4.69) is 20.7 Å². The number of rotatable bonds is 6. The van der Waals surface area contributed by atoms with Crippen molar-refractivity contribution in [3.63, 3.8) is 0 Å². The molecule has 24 heavy (non-hydrogen) atoms. The highest BCUT2D eigenvalue weighted by atomic mass is 19.4. The Morgan fingerprint density at radius 1 is 1.25 bits per heavy atom. The summed E-state index contributed by atoms with van der Waals surface area (Å²) < 4.78 is 39.9. The van der Waals surface area contributed by atoms with Crippen molar-refractivity contribution in [1.29, 1.82) is 0 Å². The lowest BCUT2D eigenvalue weighted by Crippen LogP contribution is -2.37. The number of hydrogen-bond acceptors (Lipinski definition) is 2. The molecule has 0 aliphatic heterocycles. The van der Waals surface area contributed by atoms with E-state index in [1.54, 1.807) is 19.3 Å². The topological polar surface area (TPSA) is 54.2 Å². The lowest BCUT2D eigenvalue weighted by Gasteiger charge is -2.13. The van der Waals surface area contributed by atoms with Crippen molar-refractivity contribution in [3.05, 3.63) is 53.9 Å². The van der Waals surface area contributed by atoms with E-state index in [0.717, 1.165) is 25.1 Å². The van der Waals surface area contributed by atoms with Crippen LogP contribution in [0.25, 0.3) is 0 Å². The molecule has 1 aromatic heterocycles. The number of aliphatic imine (C=N–C) groups is 1. The molecule has 0 saturated carbocycles. The highest BCUT2D eigenvalue weighted by Gasteiger charge is 2.30. The average Bonchev–Trinajstić information content (AvgIpc) is 3.07. The van der Waals surface area contributed by atoms with Crippen molar-refractivity contribution in [1.82, 2.24) is 20.4 Å². The number of alkyl halides is 3. The summed E-state index contributed by atoms with van der Waals surface area (Å²) in [5.41, 5.74) is -0.103. The fraction of sp³-hybridized carbons (Fsp3) is 0.375. The van der Waals surface area contributed by atoms with Crippen LogP contribution < -0.4 is 10.6 Å². The molecule has 0 aliphatic carbocycles. The minimum Gasteiger partial charge on any atom is -0.356 e. The number of benzene rings is 1. The highest BCUT2D eigenvalue weighted by molar-refractivity contribution is 5.79. The molecule has 2 rings (SSSR count). The minimum atomic E-state index is -4.33. The van der Waals surface area contributed by atoms with Crippen LogP contribution in [-0.2, 0) is 19.3 Å². The number of hydrogen-bond donors (Lipinski definition) is 2. The number of nitrogens with one attached hydrogen (secondary N) is 2. The number of nitrogens with zero attached hydrogens (tertiary/aromatic N) is 3. The Morgan fingerprint density at radius 3 is 2.75 bits per heavy atom. The van der Waals surface area contributed by atoms with Gasteiger partial charge in [0, 0.05) is 39.1 Å². The van der Waals surface area contributed by atoms with E-state index in [4.69, 9.17) is 0 Å². The molecule has 2 N–H and O–H groups in total. The maximum atomic E-state index is 12.7. The molecule has 0 fully saturated rings. The fourth-order valence-electron chi connectivity index (χ4n) is 2.14. The van der Waals surface area contributed by atoms with E-state index in [1.807, 2.05) is 16.9 Å². The van der Waals surface area contributed by atoms with Gasteiger partial charge in [-0.2, -0.15) is 18.3 Å². The first kappa shape index (κ1) is 17.8. The van der Waals surface area contributed by atoms with Gasteiger partial charge in [0.05, 0.1) is 5.56 Å². The summed E-state index contributed by atoms with van der Waals surface area (Å²) in [6.45, 7) is 1.73. The van der Waals surface area contributed by atoms with E-state index >= 15 is 0 Å². The van der Waals surface area contributed by atoms with Crippen LogP contribution in [-0.4, -0.2) is 29.3 Å². The lowest BCUT2D eigenvalue weighted by molar-refractivity contribution is -0.137. The van der Waals surface area contributed by atoms with Gasteiger partial charge < -0.3 is 10.6 Å². The zero-order valence-electron chi connectivity index (χ0n) is 13.3. The van der Waals surface area contributed by atoms with Crippen LogP contribution in [0, 0.1) is 0 Å². The van der Waals surface area contributed by atoms with Gasteiger partial charge in [-0.3, -0.25) is 9.67 Å². The Labute approximate surface area is 138 Å². The molecule has 0 amide bonds. The molecule has 0 bridgehead atoms. The van der Waals surface area contributed by atoms with E-state index in [1.165, 1.54) is 6.07 Å². The third kappa shape index (κ3) is 5.60. The summed E-state index contributed by atoms with van der Waals surface area (Å²) in [6.07, 6.45) is 0.137. The second kappa shape index (κ2) is 8.37. The maximum Gasteiger partial charge on any atom is 0.416 e. The second-order valence-corrected chi connectivity index (χ2v) is 5.17. The predicted molar refractivity (Wildman–Crippen MR) is 86.5 cm³/mol. The number of aryl methyl sites for hydroxylation is 1. The lowest BCUT2D eigenvalue weighted by atomic mass is 10.1. The second-order valence-electron chi connectivity index (χ2n) is 5.17. The van der Waals surface area contributed by atoms with Crippen LogP contribution in [0.3, 0.4) is 0 Å². The van der Waals surface area contributed by atoms with Crippen LogP contribution in [0.4, 0.5) is 13.2 Å². The monoisotopic (exact) mass is 339 g/mol. The molecule has 1 heterocycles. The summed E-state index contributed by atoms with van der Waals surface area (Å²) in [7, 11) is 1.62. The standard InChI is InChI=1S/C16H20F3N5/c1-20-15(21-7-3-9-24-10-4-8-23-24)22-12-13-5-2-6-14(11-13)16(17,18)19/h2,4-6,8,10-11H,3,7,9,12H2,1H3,(H2,20,21,22). The van der Waals surface area contributed by atoms with Gasteiger partial charge in [-0.05, 0) is 30.2 Å². The Kier molecular flexibility index (Phi) is 6.22. The van der Waals surface area contributed by atoms with Gasteiger partial charge in [-0.25, -0.2) is 0 Å². The molecule has 0 radical (unpaired) electrons. The van der Waals surface area contributed by atoms with Crippen molar-refractivity contribution >= 4 is 5.96 Å². The molecule has 0 saturated heterocycles. The molecular weight excluding hydrogens is 319 g/mol. The molecule has 0 atom stereocenters. The first-order chi connectivity index (χ1) is 11.5. The van der Waals surface area contributed by atoms with Crippen LogP contribution in [0.15, 0.2) is 47.7 Å². The van der Waals surface area contributed by atoms with Gasteiger partial charge >= 0.3 is 6.18 Å². The van der Waals surface area contributed by atoms with Gasteiger partial charge in [-0.15, -0.1) is 0 Å². The third-order valence-corrected chi connectivity index (χ3v) is 3.35. The minimum absolute atomic E-state index is 0.267. The molecule has 5 nitrogen and oxygen atoms in total. The van der Waals surface area contributed by atoms with Gasteiger partial charge in [-0.1, -0.05) is 12.1 Å². The summed E-state index contributed by atoms with van der Waals surface area (Å²) in [5, 5.41) is 10.2. The van der Waals surface area contributed by atoms with Crippen molar-refractivity contribution in [2.45, 2.75) is 25.7 Å². The first-order valence-corrected chi connectivity index (χ1v) is 7.57. The van der Waals surface area contributed by atoms with E-state index in [9.17, 15) is 13.2 Å². The van der Waals surface area contributed by atoms with Crippen LogP contribution in [0.1, 0.15) is 17.5 Å². The highest BCUT2D eigenvalue weighted by Crippen LogP contribution is 2.29. The average molecular weight is 339 g/mol. The molecule has 1 aromatic carbocycles. The Bertz CT molecular complexity index is 650. The zero-order chi connectivity index (χ0) is 17.4. The number of aromatic nitrogens is 2. The van der Waals surface area contributed by atoms with E-state index < -0.39 is 11.7 Å². The zero-order valence-corrected chi connectivity index (χ0v) is 13.3. The van der Waals surface area contributed by atoms with E-state index in [-0.39, 0.29) is 6.54 Å². The Hall–Kier alpha value is -2.51. The molecule has 130 valence electrons. The quantitative estimate of drug-likeness (QED) is 0.483. The summed E-state index contributed by atoms with van der Waals surface area (Å²) >= 11 is 0. The van der Waals surface area contributed by atoms with Gasteiger partial charge in [0.15, 0.2) is 5.96 Å². The molecule has 8 heteroatoms. The van der Waals surface area contributed by atoms with Crippen LogP contribution in [0.2, 0.25) is 0 Å². The molecule has 0 unspecified atom stereocenters. The summed E-state index contributed by atoms with van der Waals surface area (Å²) in [5.74, 6) is 0.549.